The minimum atomic E-state index is -1.13. The maximum absolute atomic E-state index is 10.3. The summed E-state index contributed by atoms with van der Waals surface area (Å²) in [4.78, 5) is 14.3. The highest BCUT2D eigenvalue weighted by Crippen LogP contribution is 2.07. The van der Waals surface area contributed by atoms with Gasteiger partial charge in [0.2, 0.25) is 0 Å². The van der Waals surface area contributed by atoms with Gasteiger partial charge < -0.3 is 5.11 Å². The molecule has 2 heterocycles. The second-order valence-electron chi connectivity index (χ2n) is 2.59. The van der Waals surface area contributed by atoms with Crippen LogP contribution in [0.1, 0.15) is 0 Å². The Bertz CT molecular complexity index is 451. The number of amides is 1. The molecule has 15 heavy (non-hydrogen) atoms. The predicted octanol–water partition coefficient (Wildman–Crippen LogP) is 0.147. The Morgan fingerprint density at radius 1 is 1.47 bits per heavy atom. The zero-order valence-electron chi connectivity index (χ0n) is 7.40. The maximum atomic E-state index is 10.3. The topological polar surface area (TPSA) is 106 Å². The fourth-order valence-electron chi connectivity index (χ4n) is 0.985. The van der Waals surface area contributed by atoms with E-state index in [4.69, 9.17) is 5.11 Å². The molecule has 2 aromatic rings. The first-order chi connectivity index (χ1) is 7.25. The van der Waals surface area contributed by atoms with Gasteiger partial charge in [0, 0.05) is 0 Å². The smallest absolute Gasteiger partial charge is 0.409 e. The Hall–Kier alpha value is -2.51. The first kappa shape index (κ1) is 9.06. The van der Waals surface area contributed by atoms with Gasteiger partial charge in [0.05, 0.1) is 11.9 Å². The Morgan fingerprint density at radius 2 is 2.33 bits per heavy atom. The highest BCUT2D eigenvalue weighted by molar-refractivity contribution is 5.82. The molecule has 8 nitrogen and oxygen atoms in total. The lowest BCUT2D eigenvalue weighted by Crippen LogP contribution is -2.08. The highest BCUT2D eigenvalue weighted by Gasteiger charge is 2.01. The van der Waals surface area contributed by atoms with E-state index in [-0.39, 0.29) is 0 Å². The van der Waals surface area contributed by atoms with Crippen molar-refractivity contribution in [2.24, 2.45) is 0 Å². The molecule has 0 aliphatic rings. The molecule has 0 unspecified atom stereocenters. The summed E-state index contributed by atoms with van der Waals surface area (Å²) in [6.07, 6.45) is 1.64. The van der Waals surface area contributed by atoms with E-state index in [0.29, 0.717) is 11.5 Å². The van der Waals surface area contributed by atoms with Gasteiger partial charge in [-0.1, -0.05) is 0 Å². The molecule has 0 saturated carbocycles. The minimum absolute atomic E-state index is 0.388. The summed E-state index contributed by atoms with van der Waals surface area (Å²) in [6.45, 7) is 0. The van der Waals surface area contributed by atoms with Crippen molar-refractivity contribution in [1.82, 2.24) is 25.2 Å². The third kappa shape index (κ3) is 2.05. The first-order valence-electron chi connectivity index (χ1n) is 3.95. The van der Waals surface area contributed by atoms with Crippen molar-refractivity contribution >= 4 is 11.8 Å². The largest absolute Gasteiger partial charge is 0.465 e. The van der Waals surface area contributed by atoms with Gasteiger partial charge in [-0.05, 0) is 22.6 Å². The predicted molar refractivity (Wildman–Crippen MR) is 48.6 cm³/mol. The second-order valence-corrected chi connectivity index (χ2v) is 2.59. The van der Waals surface area contributed by atoms with E-state index in [0.717, 1.165) is 0 Å². The molecule has 8 heteroatoms. The number of carboxylic acid groups (broad SMARTS) is 1. The number of tetrazole rings is 1. The third-order valence-electron chi connectivity index (χ3n) is 1.58. The molecule has 2 rings (SSSR count). The lowest BCUT2D eigenvalue weighted by molar-refractivity contribution is 0.209. The molecule has 0 bridgehead atoms. The summed E-state index contributed by atoms with van der Waals surface area (Å²) in [6, 6.07) is 3.17. The number of nitrogens with one attached hydrogen (secondary N) is 1. The number of hydrogen-bond acceptors (Lipinski definition) is 5. The second kappa shape index (κ2) is 3.70. The number of hydrogen-bond donors (Lipinski definition) is 2. The minimum Gasteiger partial charge on any atom is -0.465 e. The van der Waals surface area contributed by atoms with E-state index in [1.807, 2.05) is 0 Å². The van der Waals surface area contributed by atoms with Crippen molar-refractivity contribution in [1.29, 1.82) is 0 Å². The molecule has 0 fully saturated rings. The Balaban J connectivity index is 2.21. The van der Waals surface area contributed by atoms with Crippen molar-refractivity contribution in [3.63, 3.8) is 0 Å². The van der Waals surface area contributed by atoms with Crippen molar-refractivity contribution in [2.75, 3.05) is 5.32 Å². The molecule has 2 aromatic heterocycles. The van der Waals surface area contributed by atoms with Gasteiger partial charge in [0.1, 0.15) is 6.33 Å². The lowest BCUT2D eigenvalue weighted by Gasteiger charge is -2.01. The summed E-state index contributed by atoms with van der Waals surface area (Å²) in [5, 5.41) is 21.2. The molecule has 2 N–H and O–H groups in total. The molecular formula is C7H6N6O2. The van der Waals surface area contributed by atoms with Gasteiger partial charge in [-0.3, -0.25) is 5.32 Å². The van der Waals surface area contributed by atoms with Crippen LogP contribution in [-0.4, -0.2) is 36.4 Å². The first-order valence-corrected chi connectivity index (χ1v) is 3.95. The monoisotopic (exact) mass is 206 g/mol. The average molecular weight is 206 g/mol. The van der Waals surface area contributed by atoms with Crippen LogP contribution in [0.15, 0.2) is 24.7 Å². The van der Waals surface area contributed by atoms with Crippen LogP contribution in [0.25, 0.3) is 5.82 Å². The van der Waals surface area contributed by atoms with Gasteiger partial charge in [0.25, 0.3) is 0 Å². The van der Waals surface area contributed by atoms with E-state index in [9.17, 15) is 4.79 Å². The molecule has 0 radical (unpaired) electrons. The van der Waals surface area contributed by atoms with Crippen molar-refractivity contribution < 1.29 is 9.90 Å². The molecular weight excluding hydrogens is 200 g/mol. The van der Waals surface area contributed by atoms with E-state index in [1.54, 1.807) is 12.1 Å². The van der Waals surface area contributed by atoms with Crippen molar-refractivity contribution in [2.45, 2.75) is 0 Å². The Morgan fingerprint density at radius 3 is 2.87 bits per heavy atom. The van der Waals surface area contributed by atoms with Crippen LogP contribution in [0.5, 0.6) is 0 Å². The zero-order chi connectivity index (χ0) is 10.7. The molecule has 0 atom stereocenters. The Labute approximate surface area is 83.6 Å². The van der Waals surface area contributed by atoms with Crippen LogP contribution in [0.4, 0.5) is 10.5 Å². The number of aromatic nitrogens is 5. The molecule has 0 aromatic carbocycles. The van der Waals surface area contributed by atoms with E-state index < -0.39 is 6.09 Å². The quantitative estimate of drug-likeness (QED) is 0.724. The highest BCUT2D eigenvalue weighted by atomic mass is 16.4. The molecule has 1 amide bonds. The molecule has 0 aliphatic heterocycles. The van der Waals surface area contributed by atoms with Crippen molar-refractivity contribution in [3.8, 4) is 5.82 Å². The van der Waals surface area contributed by atoms with E-state index >= 15 is 0 Å². The number of pyridine rings is 1. The van der Waals surface area contributed by atoms with Crippen LogP contribution in [0, 0.1) is 0 Å². The summed E-state index contributed by atoms with van der Waals surface area (Å²) in [7, 11) is 0. The molecule has 76 valence electrons. The van der Waals surface area contributed by atoms with Gasteiger partial charge >= 0.3 is 6.09 Å². The lowest BCUT2D eigenvalue weighted by atomic mass is 10.4. The fraction of sp³-hybridized carbons (Fsp3) is 0. The van der Waals surface area contributed by atoms with Crippen LogP contribution >= 0.6 is 0 Å². The van der Waals surface area contributed by atoms with Crippen molar-refractivity contribution in [3.05, 3.63) is 24.7 Å². The number of rotatable bonds is 2. The Kier molecular flexibility index (Phi) is 2.23. The van der Waals surface area contributed by atoms with E-state index in [2.05, 4.69) is 25.8 Å². The number of anilines is 1. The summed E-state index contributed by atoms with van der Waals surface area (Å²) in [5.74, 6) is 0.510. The van der Waals surface area contributed by atoms with Crippen LogP contribution in [-0.2, 0) is 0 Å². The fourth-order valence-corrected chi connectivity index (χ4v) is 0.985. The summed E-state index contributed by atoms with van der Waals surface area (Å²) >= 11 is 0. The molecule has 0 spiro atoms. The normalized spacial score (nSPS) is 9.87. The SMILES string of the molecule is O=C(O)Nc1ccc(-n2cnnn2)nc1. The van der Waals surface area contributed by atoms with Gasteiger partial charge in [0.15, 0.2) is 5.82 Å². The number of carbonyl (C=O) groups is 1. The average Bonchev–Trinajstić information content (AvgIpc) is 2.71. The zero-order valence-corrected chi connectivity index (χ0v) is 7.40. The molecule has 0 saturated heterocycles. The van der Waals surface area contributed by atoms with Gasteiger partial charge in [-0.15, -0.1) is 5.10 Å². The maximum Gasteiger partial charge on any atom is 0.409 e. The third-order valence-corrected chi connectivity index (χ3v) is 1.58. The standard InChI is InChI=1S/C7H6N6O2/c14-7(15)10-5-1-2-6(8-3-5)13-4-9-11-12-13/h1-4,10H,(H,14,15). The van der Waals surface area contributed by atoms with Crippen LogP contribution in [0.3, 0.4) is 0 Å². The van der Waals surface area contributed by atoms with Gasteiger partial charge in [-0.25, -0.2) is 9.78 Å². The van der Waals surface area contributed by atoms with E-state index in [1.165, 1.54) is 17.2 Å². The summed E-state index contributed by atoms with van der Waals surface area (Å²) < 4.78 is 1.37. The number of nitrogens with zero attached hydrogens (tertiary/aromatic N) is 5. The van der Waals surface area contributed by atoms with Crippen LogP contribution in [0.2, 0.25) is 0 Å². The molecule has 0 aliphatic carbocycles. The van der Waals surface area contributed by atoms with Gasteiger partial charge in [-0.2, -0.15) is 4.68 Å². The summed E-state index contributed by atoms with van der Waals surface area (Å²) in [5.41, 5.74) is 0.388. The van der Waals surface area contributed by atoms with Crippen LogP contribution < -0.4 is 5.32 Å².